The monoisotopic (exact) mass is 211 g/mol. The van der Waals surface area contributed by atoms with Crippen LogP contribution in [0.2, 0.25) is 0 Å². The summed E-state index contributed by atoms with van der Waals surface area (Å²) < 4.78 is 0. The summed E-state index contributed by atoms with van der Waals surface area (Å²) in [5, 5.41) is 12.2. The van der Waals surface area contributed by atoms with Gasteiger partial charge in [0, 0.05) is 0 Å². The Morgan fingerprint density at radius 2 is 2.13 bits per heavy atom. The molecule has 0 aromatic carbocycles. The van der Waals surface area contributed by atoms with Gasteiger partial charge in [0.2, 0.25) is 0 Å². The smallest absolute Gasteiger partial charge is 0.323 e. The number of aliphatic carboxylic acids is 1. The topological polar surface area (TPSA) is 49.3 Å². The third-order valence-corrected chi connectivity index (χ3v) is 4.23. The average Bonchev–Trinajstić information content (AvgIpc) is 2.75. The van der Waals surface area contributed by atoms with E-state index < -0.39 is 11.5 Å². The van der Waals surface area contributed by atoms with Crippen LogP contribution < -0.4 is 5.32 Å². The number of carboxylic acids is 1. The van der Waals surface area contributed by atoms with E-state index in [9.17, 15) is 4.79 Å². The van der Waals surface area contributed by atoms with Crippen molar-refractivity contribution in [3.8, 4) is 0 Å². The zero-order valence-corrected chi connectivity index (χ0v) is 9.62. The van der Waals surface area contributed by atoms with E-state index in [-0.39, 0.29) is 0 Å². The molecule has 0 radical (unpaired) electrons. The van der Waals surface area contributed by atoms with Crippen molar-refractivity contribution in [2.75, 3.05) is 6.54 Å². The van der Waals surface area contributed by atoms with Gasteiger partial charge >= 0.3 is 5.97 Å². The molecule has 3 nitrogen and oxygen atoms in total. The van der Waals surface area contributed by atoms with Crippen LogP contribution in [0.25, 0.3) is 0 Å². The maximum atomic E-state index is 10.9. The van der Waals surface area contributed by atoms with Gasteiger partial charge in [0.15, 0.2) is 0 Å². The molecule has 2 N–H and O–H groups in total. The Balaban J connectivity index is 1.81. The first kappa shape index (κ1) is 10.9. The predicted octanol–water partition coefficient (Wildman–Crippen LogP) is 1.88. The van der Waals surface area contributed by atoms with E-state index in [0.717, 1.165) is 24.3 Å². The van der Waals surface area contributed by atoms with Crippen molar-refractivity contribution in [3.05, 3.63) is 0 Å². The Hall–Kier alpha value is -0.570. The number of rotatable bonds is 4. The van der Waals surface area contributed by atoms with Crippen LogP contribution in [0.3, 0.4) is 0 Å². The van der Waals surface area contributed by atoms with Crippen LogP contribution >= 0.6 is 0 Å². The van der Waals surface area contributed by atoms with Crippen molar-refractivity contribution >= 4 is 5.97 Å². The fraction of sp³-hybridized carbons (Fsp3) is 0.917. The minimum absolute atomic E-state index is 0.724. The standard InChI is InChI=1S/C12H21NO2/c1-12(2,11(14)15)13-7-10-6-8-3-4-9(10)5-8/h8-10,13H,3-7H2,1-2H3,(H,14,15). The molecule has 2 rings (SSSR count). The Morgan fingerprint density at radius 1 is 1.40 bits per heavy atom. The SMILES string of the molecule is CC(C)(NCC1CC2CCC1C2)C(=O)O. The van der Waals surface area contributed by atoms with Gasteiger partial charge in [0.25, 0.3) is 0 Å². The molecule has 0 aromatic heterocycles. The second-order valence-electron chi connectivity index (χ2n) is 5.75. The van der Waals surface area contributed by atoms with E-state index in [0.29, 0.717) is 0 Å². The lowest BCUT2D eigenvalue weighted by molar-refractivity contribution is -0.143. The molecule has 0 aromatic rings. The minimum atomic E-state index is -0.776. The summed E-state index contributed by atoms with van der Waals surface area (Å²) in [6.07, 6.45) is 5.47. The fourth-order valence-electron chi connectivity index (χ4n) is 3.09. The van der Waals surface area contributed by atoms with E-state index in [2.05, 4.69) is 5.32 Å². The normalized spacial score (nSPS) is 34.7. The fourth-order valence-corrected chi connectivity index (χ4v) is 3.09. The maximum Gasteiger partial charge on any atom is 0.323 e. The van der Waals surface area contributed by atoms with Gasteiger partial charge in [-0.3, -0.25) is 4.79 Å². The zero-order chi connectivity index (χ0) is 11.1. The van der Waals surface area contributed by atoms with Gasteiger partial charge in [-0.2, -0.15) is 0 Å². The van der Waals surface area contributed by atoms with Crippen molar-refractivity contribution in [2.45, 2.75) is 45.1 Å². The Bertz CT molecular complexity index is 262. The molecule has 0 saturated heterocycles. The van der Waals surface area contributed by atoms with E-state index in [1.807, 2.05) is 0 Å². The van der Waals surface area contributed by atoms with Gasteiger partial charge in [-0.1, -0.05) is 6.42 Å². The molecular weight excluding hydrogens is 190 g/mol. The van der Waals surface area contributed by atoms with E-state index in [4.69, 9.17) is 5.11 Å². The summed E-state index contributed by atoms with van der Waals surface area (Å²) in [4.78, 5) is 10.9. The number of fused-ring (bicyclic) bond motifs is 2. The summed E-state index contributed by atoms with van der Waals surface area (Å²) in [6.45, 7) is 4.35. The number of hydrogen-bond acceptors (Lipinski definition) is 2. The van der Waals surface area contributed by atoms with Crippen LogP contribution in [-0.4, -0.2) is 23.2 Å². The molecule has 0 aliphatic heterocycles. The summed E-state index contributed by atoms with van der Waals surface area (Å²) >= 11 is 0. The van der Waals surface area contributed by atoms with E-state index >= 15 is 0 Å². The highest BCUT2D eigenvalue weighted by Gasteiger charge is 2.40. The first-order chi connectivity index (χ1) is 6.99. The Kier molecular flexibility index (Phi) is 2.75. The first-order valence-electron chi connectivity index (χ1n) is 5.97. The van der Waals surface area contributed by atoms with Crippen LogP contribution in [0.1, 0.15) is 39.5 Å². The van der Waals surface area contributed by atoms with Crippen LogP contribution in [0.15, 0.2) is 0 Å². The lowest BCUT2D eigenvalue weighted by Gasteiger charge is -2.27. The van der Waals surface area contributed by atoms with Crippen molar-refractivity contribution in [1.82, 2.24) is 5.32 Å². The molecule has 15 heavy (non-hydrogen) atoms. The highest BCUT2D eigenvalue weighted by atomic mass is 16.4. The van der Waals surface area contributed by atoms with Crippen molar-refractivity contribution in [1.29, 1.82) is 0 Å². The molecule has 0 heterocycles. The van der Waals surface area contributed by atoms with Crippen LogP contribution in [0.5, 0.6) is 0 Å². The van der Waals surface area contributed by atoms with Gasteiger partial charge in [0.1, 0.15) is 5.54 Å². The molecular formula is C12H21NO2. The third kappa shape index (κ3) is 2.17. The second kappa shape index (κ2) is 3.78. The largest absolute Gasteiger partial charge is 0.480 e. The molecule has 3 heteroatoms. The van der Waals surface area contributed by atoms with Gasteiger partial charge in [-0.25, -0.2) is 0 Å². The molecule has 2 aliphatic rings. The van der Waals surface area contributed by atoms with Crippen LogP contribution in [-0.2, 0) is 4.79 Å². The van der Waals surface area contributed by atoms with Crippen molar-refractivity contribution in [3.63, 3.8) is 0 Å². The molecule has 2 fully saturated rings. The van der Waals surface area contributed by atoms with E-state index in [1.165, 1.54) is 25.7 Å². The quantitative estimate of drug-likeness (QED) is 0.746. The number of carbonyl (C=O) groups is 1. The highest BCUT2D eigenvalue weighted by molar-refractivity contribution is 5.77. The molecule has 86 valence electrons. The molecule has 2 bridgehead atoms. The molecule has 3 unspecified atom stereocenters. The summed E-state index contributed by atoms with van der Waals surface area (Å²) in [7, 11) is 0. The number of nitrogens with one attached hydrogen (secondary N) is 1. The molecule has 2 saturated carbocycles. The van der Waals surface area contributed by atoms with Gasteiger partial charge in [-0.15, -0.1) is 0 Å². The van der Waals surface area contributed by atoms with Crippen molar-refractivity contribution < 1.29 is 9.90 Å². The van der Waals surface area contributed by atoms with Gasteiger partial charge in [-0.05, 0) is 57.4 Å². The number of hydrogen-bond donors (Lipinski definition) is 2. The summed E-state index contributed by atoms with van der Waals surface area (Å²) in [5.74, 6) is 1.77. The first-order valence-corrected chi connectivity index (χ1v) is 5.97. The summed E-state index contributed by atoms with van der Waals surface area (Å²) in [6, 6.07) is 0. The van der Waals surface area contributed by atoms with Gasteiger partial charge in [0.05, 0.1) is 0 Å². The van der Waals surface area contributed by atoms with Crippen LogP contribution in [0, 0.1) is 17.8 Å². The maximum absolute atomic E-state index is 10.9. The molecule has 0 amide bonds. The third-order valence-electron chi connectivity index (χ3n) is 4.23. The van der Waals surface area contributed by atoms with Crippen molar-refractivity contribution in [2.24, 2.45) is 17.8 Å². The van der Waals surface area contributed by atoms with Crippen LogP contribution in [0.4, 0.5) is 0 Å². The Morgan fingerprint density at radius 3 is 2.60 bits per heavy atom. The zero-order valence-electron chi connectivity index (χ0n) is 9.62. The lowest BCUT2D eigenvalue weighted by Crippen LogP contribution is -2.48. The highest BCUT2D eigenvalue weighted by Crippen LogP contribution is 2.48. The predicted molar refractivity (Wildman–Crippen MR) is 58.7 cm³/mol. The molecule has 3 atom stereocenters. The summed E-state index contributed by atoms with van der Waals surface area (Å²) in [5.41, 5.74) is -0.776. The second-order valence-corrected chi connectivity index (χ2v) is 5.75. The molecule has 0 spiro atoms. The van der Waals surface area contributed by atoms with E-state index in [1.54, 1.807) is 13.8 Å². The average molecular weight is 211 g/mol. The Labute approximate surface area is 91.2 Å². The minimum Gasteiger partial charge on any atom is -0.480 e. The van der Waals surface area contributed by atoms with Gasteiger partial charge < -0.3 is 10.4 Å². The number of carboxylic acid groups (broad SMARTS) is 1. The lowest BCUT2D eigenvalue weighted by atomic mass is 9.88. The molecule has 2 aliphatic carbocycles.